The van der Waals surface area contributed by atoms with E-state index in [1.165, 1.54) is 30.4 Å². The summed E-state index contributed by atoms with van der Waals surface area (Å²) in [5.41, 5.74) is 2.64. The Bertz CT molecular complexity index is 675. The van der Waals surface area contributed by atoms with Crippen LogP contribution < -0.4 is 9.47 Å². The molecular weight excluding hydrogens is 316 g/mol. The van der Waals surface area contributed by atoms with E-state index in [0.717, 1.165) is 37.4 Å². The minimum Gasteiger partial charge on any atom is -0.493 e. The summed E-state index contributed by atoms with van der Waals surface area (Å²) in [5.74, 6) is 1.79. The highest BCUT2D eigenvalue weighted by molar-refractivity contribution is 5.74. The number of benzene rings is 1. The summed E-state index contributed by atoms with van der Waals surface area (Å²) in [6, 6.07) is 5.41. The zero-order valence-electron chi connectivity index (χ0n) is 15.5. The van der Waals surface area contributed by atoms with Gasteiger partial charge in [0.2, 0.25) is 5.91 Å². The van der Waals surface area contributed by atoms with E-state index in [9.17, 15) is 4.79 Å². The molecule has 0 spiro atoms. The van der Waals surface area contributed by atoms with Crippen molar-refractivity contribution in [3.63, 3.8) is 0 Å². The van der Waals surface area contributed by atoms with Gasteiger partial charge in [-0.05, 0) is 42.5 Å². The number of rotatable bonds is 2. The monoisotopic (exact) mass is 344 g/mol. The van der Waals surface area contributed by atoms with Crippen LogP contribution in [0.2, 0.25) is 0 Å². The van der Waals surface area contributed by atoms with Gasteiger partial charge in [0.25, 0.3) is 0 Å². The molecule has 3 atom stereocenters. The molecule has 2 heterocycles. The van der Waals surface area contributed by atoms with Crippen molar-refractivity contribution in [2.24, 2.45) is 0 Å². The predicted molar refractivity (Wildman–Crippen MR) is 96.1 cm³/mol. The fraction of sp³-hybridized carbons (Fsp3) is 0.650. The molecule has 1 saturated carbocycles. The van der Waals surface area contributed by atoms with E-state index < -0.39 is 0 Å². The number of hydrogen-bond acceptors (Lipinski definition) is 4. The highest BCUT2D eigenvalue weighted by Gasteiger charge is 2.45. The third kappa shape index (κ3) is 2.69. The van der Waals surface area contributed by atoms with E-state index in [1.54, 1.807) is 21.1 Å². The summed E-state index contributed by atoms with van der Waals surface area (Å²) in [6.45, 7) is 3.58. The number of methoxy groups -OCH3 is 2. The van der Waals surface area contributed by atoms with Gasteiger partial charge in [0.1, 0.15) is 0 Å². The van der Waals surface area contributed by atoms with Crippen LogP contribution in [0.1, 0.15) is 49.8 Å². The normalized spacial score (nSPS) is 28.6. The quantitative estimate of drug-likeness (QED) is 0.827. The van der Waals surface area contributed by atoms with Crippen LogP contribution in [0.15, 0.2) is 12.1 Å². The summed E-state index contributed by atoms with van der Waals surface area (Å²) < 4.78 is 11.0. The number of nitrogens with zero attached hydrogens (tertiary/aromatic N) is 2. The van der Waals surface area contributed by atoms with Gasteiger partial charge in [-0.1, -0.05) is 12.8 Å². The van der Waals surface area contributed by atoms with Gasteiger partial charge in [-0.15, -0.1) is 0 Å². The standard InChI is InChI=1S/C20H28N2O3/c1-13(23)22-12-18-15-11-20(25-3)19(24-2)10-14(15)8-9-21(18)16-6-4-5-7-17(16)22/h10-11,16-18H,4-9,12H2,1-3H3/t16?,17?,18-/m0/s1. The van der Waals surface area contributed by atoms with Crippen LogP contribution in [0, 0.1) is 0 Å². The second-order valence-electron chi connectivity index (χ2n) is 7.50. The van der Waals surface area contributed by atoms with Gasteiger partial charge in [0.05, 0.1) is 20.3 Å². The predicted octanol–water partition coefficient (Wildman–Crippen LogP) is 2.78. The van der Waals surface area contributed by atoms with Crippen LogP contribution in [-0.4, -0.2) is 55.1 Å². The van der Waals surface area contributed by atoms with Crippen molar-refractivity contribution in [1.29, 1.82) is 0 Å². The summed E-state index contributed by atoms with van der Waals surface area (Å²) in [6.07, 6.45) is 5.90. The molecule has 1 aromatic rings. The molecule has 136 valence electrons. The molecule has 2 fully saturated rings. The average molecular weight is 344 g/mol. The third-order valence-electron chi connectivity index (χ3n) is 6.34. The Balaban J connectivity index is 1.74. The van der Waals surface area contributed by atoms with E-state index >= 15 is 0 Å². The molecule has 2 unspecified atom stereocenters. The van der Waals surface area contributed by atoms with Gasteiger partial charge in [-0.3, -0.25) is 9.69 Å². The topological polar surface area (TPSA) is 42.0 Å². The van der Waals surface area contributed by atoms with Gasteiger partial charge in [0.15, 0.2) is 11.5 Å². The lowest BCUT2D eigenvalue weighted by molar-refractivity contribution is -0.141. The molecule has 1 aliphatic carbocycles. The van der Waals surface area contributed by atoms with E-state index in [0.29, 0.717) is 12.1 Å². The number of amides is 1. The SMILES string of the molecule is COc1cc2c(cc1OC)[C@@H]1CN(C(C)=O)C3CCCCC3N1CC2. The summed E-state index contributed by atoms with van der Waals surface area (Å²) in [4.78, 5) is 17.1. The Morgan fingerprint density at radius 2 is 1.76 bits per heavy atom. The number of piperazine rings is 1. The first-order valence-electron chi connectivity index (χ1n) is 9.41. The molecule has 5 nitrogen and oxygen atoms in total. The second kappa shape index (κ2) is 6.52. The molecule has 1 amide bonds. The van der Waals surface area contributed by atoms with Crippen molar-refractivity contribution in [2.75, 3.05) is 27.3 Å². The van der Waals surface area contributed by atoms with Crippen molar-refractivity contribution in [3.05, 3.63) is 23.3 Å². The number of fused-ring (bicyclic) bond motifs is 5. The molecule has 0 N–H and O–H groups in total. The lowest BCUT2D eigenvalue weighted by atomic mass is 9.80. The van der Waals surface area contributed by atoms with Crippen molar-refractivity contribution in [3.8, 4) is 11.5 Å². The van der Waals surface area contributed by atoms with Crippen molar-refractivity contribution >= 4 is 5.91 Å². The molecule has 4 rings (SSSR count). The van der Waals surface area contributed by atoms with Crippen LogP contribution >= 0.6 is 0 Å². The first-order valence-corrected chi connectivity index (χ1v) is 9.41. The van der Waals surface area contributed by atoms with Crippen LogP contribution in [0.5, 0.6) is 11.5 Å². The lowest BCUT2D eigenvalue weighted by Gasteiger charge is -2.55. The van der Waals surface area contributed by atoms with E-state index in [4.69, 9.17) is 9.47 Å². The van der Waals surface area contributed by atoms with Crippen molar-refractivity contribution in [1.82, 2.24) is 9.80 Å². The first kappa shape index (κ1) is 16.7. The second-order valence-corrected chi connectivity index (χ2v) is 7.50. The van der Waals surface area contributed by atoms with Gasteiger partial charge in [-0.2, -0.15) is 0 Å². The minimum atomic E-state index is 0.212. The van der Waals surface area contributed by atoms with Gasteiger partial charge in [0, 0.05) is 32.1 Å². The molecule has 1 saturated heterocycles. The van der Waals surface area contributed by atoms with Crippen molar-refractivity contribution < 1.29 is 14.3 Å². The smallest absolute Gasteiger partial charge is 0.219 e. The van der Waals surface area contributed by atoms with Crippen LogP contribution in [0.3, 0.4) is 0 Å². The first-order chi connectivity index (χ1) is 12.1. The van der Waals surface area contributed by atoms with Gasteiger partial charge >= 0.3 is 0 Å². The third-order valence-corrected chi connectivity index (χ3v) is 6.34. The molecule has 25 heavy (non-hydrogen) atoms. The molecule has 0 radical (unpaired) electrons. The Labute approximate surface area is 149 Å². The van der Waals surface area contributed by atoms with E-state index in [-0.39, 0.29) is 11.9 Å². The largest absolute Gasteiger partial charge is 0.493 e. The lowest BCUT2D eigenvalue weighted by Crippen LogP contribution is -2.63. The van der Waals surface area contributed by atoms with Gasteiger partial charge in [-0.25, -0.2) is 0 Å². The highest BCUT2D eigenvalue weighted by Crippen LogP contribution is 2.44. The van der Waals surface area contributed by atoms with E-state index in [1.807, 2.05) is 0 Å². The molecule has 3 aliphatic rings. The maximum absolute atomic E-state index is 12.3. The zero-order valence-corrected chi connectivity index (χ0v) is 15.5. The number of ether oxygens (including phenoxy) is 2. The molecule has 1 aromatic carbocycles. The fourth-order valence-electron chi connectivity index (χ4n) is 5.17. The Hall–Kier alpha value is -1.75. The average Bonchev–Trinajstić information content (AvgIpc) is 2.65. The number of hydrogen-bond donors (Lipinski definition) is 0. The van der Waals surface area contributed by atoms with Crippen LogP contribution in [-0.2, 0) is 11.2 Å². The maximum atomic E-state index is 12.3. The maximum Gasteiger partial charge on any atom is 0.219 e. The summed E-state index contributed by atoms with van der Waals surface area (Å²) in [7, 11) is 3.37. The fourth-order valence-corrected chi connectivity index (χ4v) is 5.17. The van der Waals surface area contributed by atoms with Gasteiger partial charge < -0.3 is 14.4 Å². The van der Waals surface area contributed by atoms with Crippen LogP contribution in [0.25, 0.3) is 0 Å². The minimum absolute atomic E-state index is 0.212. The molecule has 2 aliphatic heterocycles. The molecule has 0 bridgehead atoms. The highest BCUT2D eigenvalue weighted by atomic mass is 16.5. The van der Waals surface area contributed by atoms with Crippen LogP contribution in [0.4, 0.5) is 0 Å². The molecule has 0 aromatic heterocycles. The number of carbonyl (C=O) groups excluding carboxylic acids is 1. The Morgan fingerprint density at radius 1 is 1.08 bits per heavy atom. The Morgan fingerprint density at radius 3 is 2.44 bits per heavy atom. The Kier molecular flexibility index (Phi) is 4.36. The summed E-state index contributed by atoms with van der Waals surface area (Å²) in [5, 5.41) is 0. The molecule has 5 heteroatoms. The summed E-state index contributed by atoms with van der Waals surface area (Å²) >= 11 is 0. The van der Waals surface area contributed by atoms with E-state index in [2.05, 4.69) is 21.9 Å². The number of carbonyl (C=O) groups is 1. The molecular formula is C20H28N2O3. The zero-order chi connectivity index (χ0) is 17.6. The van der Waals surface area contributed by atoms with Crippen molar-refractivity contribution in [2.45, 2.75) is 57.2 Å².